The van der Waals surface area contributed by atoms with E-state index in [1.165, 1.54) is 22.3 Å². The van der Waals surface area contributed by atoms with Crippen LogP contribution in [0.5, 0.6) is 0 Å². The minimum Gasteiger partial charge on any atom is -0.265 e. The van der Waals surface area contributed by atoms with Gasteiger partial charge in [-0.25, -0.2) is 0 Å². The van der Waals surface area contributed by atoms with Crippen LogP contribution >= 0.6 is 19.4 Å². The van der Waals surface area contributed by atoms with E-state index in [2.05, 4.69) is 19.9 Å². The Balaban J connectivity index is 0.000000184. The third-order valence-electron chi connectivity index (χ3n) is 4.38. The molecule has 0 saturated carbocycles. The van der Waals surface area contributed by atoms with Gasteiger partial charge in [-0.05, 0) is 70.8 Å². The second kappa shape index (κ2) is 16.5. The molecule has 4 nitrogen and oxygen atoms in total. The Hall–Kier alpha value is -3.11. The Morgan fingerprint density at radius 3 is 1.00 bits per heavy atom. The first-order chi connectivity index (χ1) is 16.7. The number of hydrogen-bond donors (Lipinski definition) is 0. The normalized spacial score (nSPS) is 9.71. The number of hydrogen-bond acceptors (Lipinski definition) is 4. The van der Waals surface area contributed by atoms with Crippen molar-refractivity contribution >= 4 is 24.0 Å². The molecule has 0 aliphatic rings. The zero-order valence-corrected chi connectivity index (χ0v) is 22.3. The van der Waals surface area contributed by atoms with Crippen molar-refractivity contribution in [3.63, 3.8) is 0 Å². The van der Waals surface area contributed by atoms with Crippen molar-refractivity contribution in [2.75, 3.05) is 0 Å². The van der Waals surface area contributed by atoms with Gasteiger partial charge in [0.15, 0.2) is 0 Å². The fourth-order valence-electron chi connectivity index (χ4n) is 2.79. The second-order valence-corrected chi connectivity index (χ2v) is 12.4. The van der Waals surface area contributed by atoms with Gasteiger partial charge in [-0.2, -0.15) is 0 Å². The van der Waals surface area contributed by atoms with Crippen molar-refractivity contribution in [3.8, 4) is 22.3 Å². The van der Waals surface area contributed by atoms with Gasteiger partial charge in [-0.3, -0.25) is 19.9 Å². The predicted molar refractivity (Wildman–Crippen MR) is 145 cm³/mol. The van der Waals surface area contributed by atoms with E-state index in [0.29, 0.717) is 0 Å². The summed E-state index contributed by atoms with van der Waals surface area (Å²) in [6.45, 7) is 0. The summed E-state index contributed by atoms with van der Waals surface area (Å²) < 4.78 is 1.92. The number of rotatable bonds is 3. The van der Waals surface area contributed by atoms with E-state index in [4.69, 9.17) is 19.4 Å². The molecule has 0 N–H and O–H groups in total. The minimum atomic E-state index is -1.61. The van der Waals surface area contributed by atoms with Gasteiger partial charge >= 0.3 is 73.4 Å². The quantitative estimate of drug-likeness (QED) is 0.162. The standard InChI is InChI=1S/2C10H8N2.C7H6.CH3.2ClH.Ru/c2*1-5-11-6-2-9(1)10-3-7-12-8-4-10;1-7-5-3-2-4-6-7;;;;/h2*1-8H;1-6H;1H3;2*1H;/q;;;-1;;;+2/p-2. The summed E-state index contributed by atoms with van der Waals surface area (Å²) in [5.74, 6) is 0. The number of nitrogens with zero attached hydrogens (tertiary/aromatic N) is 4. The van der Waals surface area contributed by atoms with E-state index in [0.717, 1.165) is 5.56 Å². The molecule has 0 spiro atoms. The molecule has 0 unspecified atom stereocenters. The van der Waals surface area contributed by atoms with Gasteiger partial charge in [0.2, 0.25) is 0 Å². The molecule has 5 rings (SSSR count). The van der Waals surface area contributed by atoms with Crippen molar-refractivity contribution in [1.82, 2.24) is 19.9 Å². The zero-order chi connectivity index (χ0) is 23.8. The molecule has 0 radical (unpaired) electrons. The first-order valence-electron chi connectivity index (χ1n) is 10.2. The Bertz CT molecular complexity index is 1090. The Labute approximate surface area is 220 Å². The maximum Gasteiger partial charge on any atom is 0.0273 e. The molecular formula is C28H25Cl2N4Ru-. The second-order valence-electron chi connectivity index (χ2n) is 6.66. The van der Waals surface area contributed by atoms with Crippen LogP contribution in [0.15, 0.2) is 128 Å². The van der Waals surface area contributed by atoms with Crippen LogP contribution in [0.1, 0.15) is 5.56 Å². The summed E-state index contributed by atoms with van der Waals surface area (Å²) in [7, 11) is 11.3. The summed E-state index contributed by atoms with van der Waals surface area (Å²) in [5, 5.41) is 0. The van der Waals surface area contributed by atoms with E-state index in [-0.39, 0.29) is 7.43 Å². The van der Waals surface area contributed by atoms with Gasteiger partial charge in [-0.1, -0.05) is 0 Å². The van der Waals surface area contributed by atoms with Crippen LogP contribution in [0.3, 0.4) is 0 Å². The minimum absolute atomic E-state index is 0. The van der Waals surface area contributed by atoms with Crippen molar-refractivity contribution in [3.05, 3.63) is 141 Å². The van der Waals surface area contributed by atoms with E-state index >= 15 is 0 Å². The van der Waals surface area contributed by atoms with Crippen molar-refractivity contribution in [2.24, 2.45) is 0 Å². The maximum atomic E-state index is 5.67. The largest absolute Gasteiger partial charge is 0.265 e. The van der Waals surface area contributed by atoms with E-state index in [1.807, 2.05) is 83.5 Å². The molecule has 4 heterocycles. The number of aromatic nitrogens is 4. The number of benzene rings is 1. The molecule has 0 aliphatic carbocycles. The molecule has 0 amide bonds. The molecule has 0 fully saturated rings. The molecular weight excluding hydrogens is 564 g/mol. The first-order valence-corrected chi connectivity index (χ1v) is 15.7. The van der Waals surface area contributed by atoms with Gasteiger partial charge in [0.1, 0.15) is 0 Å². The maximum absolute atomic E-state index is 5.67. The topological polar surface area (TPSA) is 51.6 Å². The molecule has 5 aromatic rings. The molecule has 0 bridgehead atoms. The van der Waals surface area contributed by atoms with Gasteiger partial charge in [-0.15, -0.1) is 0 Å². The summed E-state index contributed by atoms with van der Waals surface area (Å²) in [4.78, 5) is 15.8. The molecule has 1 aromatic carbocycles. The molecule has 0 atom stereocenters. The molecule has 0 aliphatic heterocycles. The average Bonchev–Trinajstić information content (AvgIpc) is 2.92. The van der Waals surface area contributed by atoms with Crippen molar-refractivity contribution in [1.29, 1.82) is 0 Å². The monoisotopic (exact) mass is 589 g/mol. The van der Waals surface area contributed by atoms with Gasteiger partial charge in [0, 0.05) is 49.6 Å². The van der Waals surface area contributed by atoms with Crippen LogP contribution in [0, 0.1) is 7.43 Å². The number of pyridine rings is 4. The third kappa shape index (κ3) is 10.8. The fourth-order valence-corrected chi connectivity index (χ4v) is 4.61. The van der Waals surface area contributed by atoms with Crippen LogP contribution in [0.25, 0.3) is 22.3 Å². The zero-order valence-electron chi connectivity index (χ0n) is 19.1. The van der Waals surface area contributed by atoms with Gasteiger partial charge in [0.05, 0.1) is 0 Å². The van der Waals surface area contributed by atoms with Crippen LogP contribution in [-0.2, 0) is 13.5 Å². The van der Waals surface area contributed by atoms with Gasteiger partial charge < -0.3 is 7.43 Å². The van der Waals surface area contributed by atoms with E-state index < -0.39 is 13.5 Å². The van der Waals surface area contributed by atoms with Crippen LogP contribution in [-0.4, -0.2) is 24.5 Å². The molecule has 7 heteroatoms. The molecule has 4 aromatic heterocycles. The Kier molecular flexibility index (Phi) is 13.3. The summed E-state index contributed by atoms with van der Waals surface area (Å²) in [6.07, 6.45) is 14.3. The molecule has 0 saturated heterocycles. The SMILES string of the molecule is [CH3-].[Cl][Ru]([Cl])=[CH]c1ccccc1.c1cc(-c2ccncc2)ccn1.c1cc(-c2ccncc2)ccn1. The van der Waals surface area contributed by atoms with Crippen LogP contribution < -0.4 is 0 Å². The Morgan fingerprint density at radius 2 is 0.743 bits per heavy atom. The number of halogens is 2. The van der Waals surface area contributed by atoms with Gasteiger partial charge in [0.25, 0.3) is 0 Å². The van der Waals surface area contributed by atoms with E-state index in [1.54, 1.807) is 49.6 Å². The first kappa shape index (κ1) is 28.1. The van der Waals surface area contributed by atoms with Crippen LogP contribution in [0.4, 0.5) is 0 Å². The molecule has 35 heavy (non-hydrogen) atoms. The smallest absolute Gasteiger partial charge is 0.0273 e. The Morgan fingerprint density at radius 1 is 0.457 bits per heavy atom. The van der Waals surface area contributed by atoms with Crippen molar-refractivity contribution < 1.29 is 13.5 Å². The predicted octanol–water partition coefficient (Wildman–Crippen LogP) is 7.50. The third-order valence-corrected chi connectivity index (χ3v) is 6.25. The summed E-state index contributed by atoms with van der Waals surface area (Å²) in [5.41, 5.74) is 5.81. The van der Waals surface area contributed by atoms with Crippen LogP contribution in [0.2, 0.25) is 0 Å². The van der Waals surface area contributed by atoms with E-state index in [9.17, 15) is 0 Å². The summed E-state index contributed by atoms with van der Waals surface area (Å²) >= 11 is -1.61. The fraction of sp³-hybridized carbons (Fsp3) is 0. The summed E-state index contributed by atoms with van der Waals surface area (Å²) in [6, 6.07) is 25.7. The molecule has 180 valence electrons. The van der Waals surface area contributed by atoms with Crippen molar-refractivity contribution in [2.45, 2.75) is 0 Å². The average molecular weight is 590 g/mol.